The Morgan fingerprint density at radius 2 is 2.31 bits per heavy atom. The Bertz CT molecular complexity index is 330. The molecular weight excluding hydrogens is 196 g/mol. The monoisotopic (exact) mass is 206 g/mol. The number of imidazole rings is 1. The summed E-state index contributed by atoms with van der Waals surface area (Å²) in [6, 6.07) is 0. The number of nitrogens with zero attached hydrogens (tertiary/aromatic N) is 1. The molecule has 0 saturated carbocycles. The number of hydrogen-bond acceptors (Lipinski definition) is 4. The van der Waals surface area contributed by atoms with Crippen LogP contribution in [0.15, 0.2) is 19.0 Å². The van der Waals surface area contributed by atoms with Crippen LogP contribution >= 0.6 is 0 Å². The lowest BCUT2D eigenvalue weighted by Crippen LogP contribution is -1.96. The van der Waals surface area contributed by atoms with E-state index in [-0.39, 0.29) is 0 Å². The second kappa shape index (κ2) is 5.46. The number of hydrogen-bond donors (Lipinski definition) is 2. The predicted octanol–water partition coefficient (Wildman–Crippen LogP) is 0.488. The highest BCUT2D eigenvalue weighted by atomic mass is 32.3. The molecule has 6 nitrogen and oxygen atoms in total. The minimum absolute atomic E-state index is 0.819. The van der Waals surface area contributed by atoms with Crippen molar-refractivity contribution in [1.29, 1.82) is 0 Å². The Hall–Kier alpha value is -1.18. The van der Waals surface area contributed by atoms with E-state index in [4.69, 9.17) is 4.55 Å². The molecule has 1 aromatic rings. The molecule has 1 rings (SSSR count). The van der Waals surface area contributed by atoms with Gasteiger partial charge in [0, 0.05) is 12.4 Å². The van der Waals surface area contributed by atoms with Gasteiger partial charge in [-0.3, -0.25) is 8.74 Å². The molecule has 0 fully saturated rings. The van der Waals surface area contributed by atoms with E-state index in [0.717, 1.165) is 12.9 Å². The lowest BCUT2D eigenvalue weighted by molar-refractivity contribution is 0.324. The van der Waals surface area contributed by atoms with Gasteiger partial charge in [0.2, 0.25) is 0 Å². The number of H-pyrrole nitrogens is 1. The summed E-state index contributed by atoms with van der Waals surface area (Å²) in [4.78, 5) is 6.72. The second-order valence-corrected chi connectivity index (χ2v) is 2.96. The third-order valence-electron chi connectivity index (χ3n) is 0.923. The lowest BCUT2D eigenvalue weighted by atomic mass is 10.6. The van der Waals surface area contributed by atoms with Gasteiger partial charge >= 0.3 is 10.4 Å². The lowest BCUT2D eigenvalue weighted by Gasteiger charge is -1.82. The summed E-state index contributed by atoms with van der Waals surface area (Å²) in [5.41, 5.74) is 0. The average molecular weight is 206 g/mol. The fraction of sp³-hybridized carbons (Fsp3) is 0.167. The van der Waals surface area contributed by atoms with Crippen LogP contribution in [-0.2, 0) is 14.6 Å². The first kappa shape index (κ1) is 11.8. The Morgan fingerprint density at radius 1 is 1.77 bits per heavy atom. The maximum atomic E-state index is 9.33. The van der Waals surface area contributed by atoms with Crippen LogP contribution in [-0.4, -0.2) is 30.0 Å². The number of nitrogens with one attached hydrogen (secondary N) is 1. The van der Waals surface area contributed by atoms with Crippen molar-refractivity contribution in [2.45, 2.75) is 0 Å². The zero-order valence-corrected chi connectivity index (χ0v) is 7.78. The Balaban J connectivity index is 0.000000226. The van der Waals surface area contributed by atoms with Gasteiger partial charge in [-0.15, -0.1) is 0 Å². The Morgan fingerprint density at radius 3 is 2.46 bits per heavy atom. The van der Waals surface area contributed by atoms with Crippen LogP contribution in [0.5, 0.6) is 0 Å². The van der Waals surface area contributed by atoms with Crippen molar-refractivity contribution in [3.05, 3.63) is 24.8 Å². The predicted molar refractivity (Wildman–Crippen MR) is 47.2 cm³/mol. The van der Waals surface area contributed by atoms with E-state index >= 15 is 0 Å². The average Bonchev–Trinajstić information content (AvgIpc) is 2.56. The molecule has 1 heterocycles. The van der Waals surface area contributed by atoms with Crippen molar-refractivity contribution < 1.29 is 17.2 Å². The summed E-state index contributed by atoms with van der Waals surface area (Å²) >= 11 is 0. The highest BCUT2D eigenvalue weighted by Gasteiger charge is 1.94. The third-order valence-corrected chi connectivity index (χ3v) is 1.34. The van der Waals surface area contributed by atoms with Crippen LogP contribution < -0.4 is 0 Å². The molecule has 0 atom stereocenters. The van der Waals surface area contributed by atoms with Gasteiger partial charge in [-0.25, -0.2) is 4.98 Å². The largest absolute Gasteiger partial charge is 0.397 e. The molecule has 0 spiro atoms. The van der Waals surface area contributed by atoms with Crippen molar-refractivity contribution in [1.82, 2.24) is 9.97 Å². The standard InChI is InChI=1S/C5H6N2.CH4O4S/c1-2-5-6-3-4-7-5;1-5-6(2,3)4/h2-4H,1H2,(H,6,7);1H3,(H,2,3,4). The molecule has 0 amide bonds. The van der Waals surface area contributed by atoms with Crippen molar-refractivity contribution >= 4 is 16.5 Å². The molecule has 0 bridgehead atoms. The van der Waals surface area contributed by atoms with E-state index < -0.39 is 10.4 Å². The molecule has 0 aromatic carbocycles. The van der Waals surface area contributed by atoms with Crippen LogP contribution in [0.4, 0.5) is 0 Å². The molecule has 0 aliphatic heterocycles. The second-order valence-electron chi connectivity index (χ2n) is 1.77. The van der Waals surface area contributed by atoms with Crippen LogP contribution in [0.3, 0.4) is 0 Å². The third kappa shape index (κ3) is 7.19. The molecule has 7 heteroatoms. The topological polar surface area (TPSA) is 92.3 Å². The maximum Gasteiger partial charge on any atom is 0.397 e. The van der Waals surface area contributed by atoms with E-state index in [1.165, 1.54) is 0 Å². The van der Waals surface area contributed by atoms with Crippen molar-refractivity contribution in [2.24, 2.45) is 0 Å². The number of aromatic nitrogens is 2. The molecule has 0 radical (unpaired) electrons. The van der Waals surface area contributed by atoms with E-state index in [1.807, 2.05) is 0 Å². The zero-order chi connectivity index (χ0) is 10.3. The molecule has 0 aliphatic carbocycles. The fourth-order valence-corrected chi connectivity index (χ4v) is 0.389. The molecule has 0 unspecified atom stereocenters. The van der Waals surface area contributed by atoms with Gasteiger partial charge in [0.1, 0.15) is 5.82 Å². The van der Waals surface area contributed by atoms with Crippen molar-refractivity contribution in [2.75, 3.05) is 7.11 Å². The molecule has 2 N–H and O–H groups in total. The first-order chi connectivity index (χ1) is 5.99. The summed E-state index contributed by atoms with van der Waals surface area (Å²) in [5, 5.41) is 0. The van der Waals surface area contributed by atoms with Gasteiger partial charge in [0.05, 0.1) is 7.11 Å². The SMILES string of the molecule is C=Cc1ncc[nH]1.COS(=O)(=O)O. The van der Waals surface area contributed by atoms with E-state index in [9.17, 15) is 8.42 Å². The number of aromatic amines is 1. The van der Waals surface area contributed by atoms with Gasteiger partial charge in [-0.2, -0.15) is 8.42 Å². The summed E-state index contributed by atoms with van der Waals surface area (Å²) in [7, 11) is -3.29. The van der Waals surface area contributed by atoms with Gasteiger partial charge in [0.25, 0.3) is 0 Å². The number of rotatable bonds is 2. The van der Waals surface area contributed by atoms with Gasteiger partial charge in [-0.05, 0) is 6.08 Å². The first-order valence-corrected chi connectivity index (χ1v) is 4.51. The van der Waals surface area contributed by atoms with Gasteiger partial charge in [0.15, 0.2) is 0 Å². The molecule has 13 heavy (non-hydrogen) atoms. The van der Waals surface area contributed by atoms with E-state index in [2.05, 4.69) is 20.7 Å². The zero-order valence-electron chi connectivity index (χ0n) is 6.97. The fourth-order valence-electron chi connectivity index (χ4n) is 0.389. The van der Waals surface area contributed by atoms with Crippen LogP contribution in [0.2, 0.25) is 0 Å². The van der Waals surface area contributed by atoms with Gasteiger partial charge < -0.3 is 4.98 Å². The van der Waals surface area contributed by atoms with Gasteiger partial charge in [-0.1, -0.05) is 6.58 Å². The summed E-state index contributed by atoms with van der Waals surface area (Å²) in [6.07, 6.45) is 5.12. The Labute approximate surface area is 76.2 Å². The summed E-state index contributed by atoms with van der Waals surface area (Å²) in [6.45, 7) is 3.51. The highest BCUT2D eigenvalue weighted by Crippen LogP contribution is 1.86. The molecule has 0 saturated heterocycles. The molecule has 1 aromatic heterocycles. The van der Waals surface area contributed by atoms with E-state index in [1.54, 1.807) is 18.5 Å². The summed E-state index contributed by atoms with van der Waals surface area (Å²) in [5.74, 6) is 0.819. The van der Waals surface area contributed by atoms with Crippen molar-refractivity contribution in [3.63, 3.8) is 0 Å². The molecule has 74 valence electrons. The molecule has 0 aliphatic rings. The quantitative estimate of drug-likeness (QED) is 0.687. The molecular formula is C6H10N2O4S. The summed E-state index contributed by atoms with van der Waals surface area (Å²) < 4.78 is 29.7. The van der Waals surface area contributed by atoms with E-state index in [0.29, 0.717) is 0 Å². The first-order valence-electron chi connectivity index (χ1n) is 3.14. The Kier molecular flexibility index (Phi) is 4.97. The highest BCUT2D eigenvalue weighted by molar-refractivity contribution is 7.80. The minimum Gasteiger partial charge on any atom is -0.345 e. The maximum absolute atomic E-state index is 9.33. The normalized spacial score (nSPS) is 10.0. The van der Waals surface area contributed by atoms with Crippen LogP contribution in [0.25, 0.3) is 6.08 Å². The van der Waals surface area contributed by atoms with Crippen LogP contribution in [0, 0.1) is 0 Å². The smallest absolute Gasteiger partial charge is 0.345 e. The minimum atomic E-state index is -4.16. The van der Waals surface area contributed by atoms with Crippen LogP contribution in [0.1, 0.15) is 5.82 Å². The van der Waals surface area contributed by atoms with Crippen molar-refractivity contribution in [3.8, 4) is 0 Å².